The van der Waals surface area contributed by atoms with Crippen LogP contribution in [0, 0.1) is 0 Å². The Morgan fingerprint density at radius 1 is 0.621 bits per heavy atom. The van der Waals surface area contributed by atoms with Gasteiger partial charge in [0.1, 0.15) is 0 Å². The van der Waals surface area contributed by atoms with Crippen LogP contribution in [0.2, 0.25) is 0 Å². The standard InChI is InChI=1S/C25H38N2P2/c1-20(2)26(21(3)4)28-19-29(24-15-11-9-12-16-24,25-17-13-10-14-18-25)27(22(5)6)23(7)8/h9-18,20-23H,1-8H3. The maximum Gasteiger partial charge on any atom is 0.0562 e. The van der Waals surface area contributed by atoms with Crippen LogP contribution in [0.3, 0.4) is 0 Å². The van der Waals surface area contributed by atoms with E-state index in [1.807, 2.05) is 0 Å². The van der Waals surface area contributed by atoms with Crippen LogP contribution >= 0.6 is 15.4 Å². The molecule has 0 aliphatic rings. The van der Waals surface area contributed by atoms with Gasteiger partial charge in [0, 0.05) is 43.1 Å². The Morgan fingerprint density at radius 2 is 1.00 bits per heavy atom. The summed E-state index contributed by atoms with van der Waals surface area (Å²) in [6, 6.07) is 23.9. The van der Waals surface area contributed by atoms with Gasteiger partial charge in [-0.15, -0.1) is 0 Å². The Balaban J connectivity index is 3.00. The van der Waals surface area contributed by atoms with E-state index in [1.54, 1.807) is 0 Å². The zero-order valence-corrected chi connectivity index (χ0v) is 21.2. The summed E-state index contributed by atoms with van der Waals surface area (Å²) in [6.07, 6.45) is 0. The van der Waals surface area contributed by atoms with Crippen LogP contribution < -0.4 is 10.6 Å². The molecule has 0 aliphatic carbocycles. The van der Waals surface area contributed by atoms with Crippen molar-refractivity contribution in [2.45, 2.75) is 79.6 Å². The number of hydrogen-bond acceptors (Lipinski definition) is 2. The van der Waals surface area contributed by atoms with E-state index in [0.717, 1.165) is 0 Å². The van der Waals surface area contributed by atoms with Gasteiger partial charge >= 0.3 is 0 Å². The van der Waals surface area contributed by atoms with E-state index in [2.05, 4.69) is 131 Å². The van der Waals surface area contributed by atoms with Crippen LogP contribution in [-0.4, -0.2) is 38.7 Å². The van der Waals surface area contributed by atoms with Gasteiger partial charge < -0.3 is 0 Å². The SMILES string of the molecule is CC(C)N(P=C=P(c1ccccc1)(c1ccccc1)N(C(C)C)C(C)C)C(C)C. The third-order valence-corrected chi connectivity index (χ3v) is 11.4. The largest absolute Gasteiger partial charge is 0.265 e. The Kier molecular flexibility index (Phi) is 8.96. The van der Waals surface area contributed by atoms with E-state index < -0.39 is 7.04 Å². The molecule has 0 saturated heterocycles. The van der Waals surface area contributed by atoms with Gasteiger partial charge in [-0.25, -0.2) is 4.67 Å². The minimum atomic E-state index is -2.03. The van der Waals surface area contributed by atoms with Crippen molar-refractivity contribution in [2.75, 3.05) is 0 Å². The fourth-order valence-electron chi connectivity index (χ4n) is 4.10. The van der Waals surface area contributed by atoms with Crippen molar-refractivity contribution in [1.82, 2.24) is 9.34 Å². The quantitative estimate of drug-likeness (QED) is 0.455. The first kappa shape index (κ1) is 24.1. The minimum absolute atomic E-state index is 0.415. The lowest BCUT2D eigenvalue weighted by atomic mass is 10.3. The summed E-state index contributed by atoms with van der Waals surface area (Å²) in [5.74, 6) is 0. The van der Waals surface area contributed by atoms with Crippen LogP contribution in [0.1, 0.15) is 55.4 Å². The lowest BCUT2D eigenvalue weighted by Crippen LogP contribution is -2.41. The molecule has 0 aliphatic heterocycles. The van der Waals surface area contributed by atoms with Gasteiger partial charge in [-0.3, -0.25) is 4.67 Å². The van der Waals surface area contributed by atoms with Crippen molar-refractivity contribution in [3.05, 3.63) is 60.7 Å². The molecule has 0 heterocycles. The molecule has 0 spiro atoms. The third-order valence-electron chi connectivity index (χ3n) is 5.03. The Labute approximate surface area is 180 Å². The summed E-state index contributed by atoms with van der Waals surface area (Å²) in [6.45, 7) is 18.4. The smallest absolute Gasteiger partial charge is 0.0562 e. The number of benzene rings is 2. The van der Waals surface area contributed by atoms with E-state index in [0.29, 0.717) is 24.2 Å². The molecule has 0 atom stereocenters. The Morgan fingerprint density at radius 3 is 1.31 bits per heavy atom. The van der Waals surface area contributed by atoms with Crippen molar-refractivity contribution < 1.29 is 0 Å². The normalized spacial score (nSPS) is 12.8. The maximum absolute atomic E-state index is 4.13. The molecule has 0 saturated carbocycles. The van der Waals surface area contributed by atoms with Crippen LogP contribution in [0.5, 0.6) is 0 Å². The van der Waals surface area contributed by atoms with Gasteiger partial charge in [-0.05, 0) is 55.4 Å². The fraction of sp³-hybridized carbons (Fsp3) is 0.480. The van der Waals surface area contributed by atoms with Crippen molar-refractivity contribution in [3.8, 4) is 0 Å². The monoisotopic (exact) mass is 428 g/mol. The van der Waals surface area contributed by atoms with Gasteiger partial charge in [-0.2, -0.15) is 0 Å². The number of rotatable bonds is 8. The summed E-state index contributed by atoms with van der Waals surface area (Å²) in [4.78, 5) is 0. The number of nitrogens with zero attached hydrogens (tertiary/aromatic N) is 2. The van der Waals surface area contributed by atoms with Crippen molar-refractivity contribution >= 4 is 31.2 Å². The van der Waals surface area contributed by atoms with Gasteiger partial charge in [0.2, 0.25) is 0 Å². The lowest BCUT2D eigenvalue weighted by Gasteiger charge is -2.43. The molecule has 29 heavy (non-hydrogen) atoms. The molecule has 2 nitrogen and oxygen atoms in total. The second-order valence-corrected chi connectivity index (χ2v) is 12.9. The van der Waals surface area contributed by atoms with E-state index in [4.69, 9.17) is 0 Å². The first-order valence-electron chi connectivity index (χ1n) is 10.8. The highest BCUT2D eigenvalue weighted by Gasteiger charge is 2.34. The molecule has 0 amide bonds. The summed E-state index contributed by atoms with van der Waals surface area (Å²) in [5.41, 5.74) is 0. The van der Waals surface area contributed by atoms with Gasteiger partial charge in [-0.1, -0.05) is 65.8 Å². The van der Waals surface area contributed by atoms with E-state index in [-0.39, 0.29) is 0 Å². The molecule has 0 aromatic heterocycles. The maximum atomic E-state index is 4.13. The highest BCUT2D eigenvalue weighted by Crippen LogP contribution is 2.51. The first-order valence-corrected chi connectivity index (χ1v) is 13.4. The van der Waals surface area contributed by atoms with Crippen molar-refractivity contribution in [1.29, 1.82) is 0 Å². The van der Waals surface area contributed by atoms with Crippen LogP contribution in [-0.2, 0) is 0 Å². The molecule has 2 rings (SSSR count). The predicted molar refractivity (Wildman–Crippen MR) is 135 cm³/mol. The minimum Gasteiger partial charge on any atom is -0.265 e. The molecular weight excluding hydrogens is 390 g/mol. The highest BCUT2D eigenvalue weighted by molar-refractivity contribution is 7.89. The molecular formula is C25H38N2P2. The zero-order chi connectivity index (χ0) is 21.6. The summed E-state index contributed by atoms with van der Waals surface area (Å²) in [5, 5.41) is 6.89. The second-order valence-electron chi connectivity index (χ2n) is 8.64. The van der Waals surface area contributed by atoms with Crippen LogP contribution in [0.25, 0.3) is 0 Å². The third kappa shape index (κ3) is 5.52. The van der Waals surface area contributed by atoms with Crippen molar-refractivity contribution in [3.63, 3.8) is 0 Å². The van der Waals surface area contributed by atoms with Crippen LogP contribution in [0.4, 0.5) is 0 Å². The summed E-state index contributed by atoms with van der Waals surface area (Å²) >= 11 is 0. The molecule has 158 valence electrons. The molecule has 2 aromatic carbocycles. The van der Waals surface area contributed by atoms with Gasteiger partial charge in [0.05, 0.1) is 7.04 Å². The predicted octanol–water partition coefficient (Wildman–Crippen LogP) is 6.31. The molecule has 2 aromatic rings. The Hall–Kier alpha value is -1.13. The van der Waals surface area contributed by atoms with Gasteiger partial charge in [0.15, 0.2) is 0 Å². The van der Waals surface area contributed by atoms with Crippen LogP contribution in [0.15, 0.2) is 60.7 Å². The molecule has 0 unspecified atom stereocenters. The molecule has 0 radical (unpaired) electrons. The average molecular weight is 429 g/mol. The second kappa shape index (κ2) is 10.8. The summed E-state index contributed by atoms with van der Waals surface area (Å²) in [7, 11) is -0.855. The zero-order valence-electron chi connectivity index (χ0n) is 19.4. The topological polar surface area (TPSA) is 6.48 Å². The van der Waals surface area contributed by atoms with Crippen molar-refractivity contribution in [2.24, 2.45) is 0 Å². The Bertz CT molecular complexity index is 776. The molecule has 0 bridgehead atoms. The van der Waals surface area contributed by atoms with E-state index >= 15 is 0 Å². The fourth-order valence-corrected chi connectivity index (χ4v) is 10.3. The molecule has 0 fully saturated rings. The highest BCUT2D eigenvalue weighted by atomic mass is 31.2. The van der Waals surface area contributed by atoms with E-state index in [1.165, 1.54) is 19.0 Å². The molecule has 0 N–H and O–H groups in total. The summed E-state index contributed by atoms with van der Waals surface area (Å²) < 4.78 is 5.23. The average Bonchev–Trinajstić information content (AvgIpc) is 2.67. The van der Waals surface area contributed by atoms with E-state index in [9.17, 15) is 0 Å². The lowest BCUT2D eigenvalue weighted by molar-refractivity contribution is 0.326. The van der Waals surface area contributed by atoms with Gasteiger partial charge in [0.25, 0.3) is 0 Å². The first-order chi connectivity index (χ1) is 13.7. The number of hydrogen-bond donors (Lipinski definition) is 0. The molecule has 4 heteroatoms.